The number of rotatable bonds is 7. The molecule has 1 amide bonds. The Morgan fingerprint density at radius 2 is 2.05 bits per heavy atom. The highest BCUT2D eigenvalue weighted by Crippen LogP contribution is 2.38. The minimum absolute atomic E-state index is 0.0247. The number of benzene rings is 1. The predicted molar refractivity (Wildman–Crippen MR) is 79.7 cm³/mol. The van der Waals surface area contributed by atoms with Crippen LogP contribution in [0, 0.1) is 5.92 Å². The molecule has 1 saturated heterocycles. The Hall–Kier alpha value is -2.08. The topological polar surface area (TPSA) is 76.1 Å². The number of aliphatic carboxylic acids is 1. The van der Waals surface area contributed by atoms with Crippen LogP contribution in [0.15, 0.2) is 24.3 Å². The van der Waals surface area contributed by atoms with E-state index in [2.05, 4.69) is 0 Å². The molecular formula is C16H21NO5. The minimum atomic E-state index is -0.952. The third kappa shape index (κ3) is 3.39. The lowest BCUT2D eigenvalue weighted by Gasteiger charge is -2.27. The zero-order valence-corrected chi connectivity index (χ0v) is 12.8. The fourth-order valence-corrected chi connectivity index (χ4v) is 2.81. The first kappa shape index (κ1) is 16.3. The van der Waals surface area contributed by atoms with Gasteiger partial charge in [0.25, 0.3) is 0 Å². The van der Waals surface area contributed by atoms with Crippen LogP contribution in [0.25, 0.3) is 0 Å². The summed E-state index contributed by atoms with van der Waals surface area (Å²) in [5.41, 5.74) is 0.804. The van der Waals surface area contributed by atoms with Crippen molar-refractivity contribution in [3.63, 3.8) is 0 Å². The van der Waals surface area contributed by atoms with Gasteiger partial charge in [-0.15, -0.1) is 0 Å². The van der Waals surface area contributed by atoms with E-state index in [1.165, 1.54) is 0 Å². The summed E-state index contributed by atoms with van der Waals surface area (Å²) >= 11 is 0. The second-order valence-electron chi connectivity index (χ2n) is 5.18. The molecule has 6 heteroatoms. The Balaban J connectivity index is 2.27. The number of carboxylic acid groups (broad SMARTS) is 1. The Kier molecular flexibility index (Phi) is 5.38. The van der Waals surface area contributed by atoms with Gasteiger partial charge in [-0.05, 0) is 24.6 Å². The van der Waals surface area contributed by atoms with Crippen LogP contribution < -0.4 is 4.74 Å². The number of nitrogens with zero attached hydrogens (tertiary/aromatic N) is 1. The second-order valence-corrected chi connectivity index (χ2v) is 5.18. The van der Waals surface area contributed by atoms with Gasteiger partial charge >= 0.3 is 5.97 Å². The summed E-state index contributed by atoms with van der Waals surface area (Å²) in [6, 6.07) is 6.79. The zero-order chi connectivity index (χ0) is 16.1. The fraction of sp³-hybridized carbons (Fsp3) is 0.500. The highest BCUT2D eigenvalue weighted by atomic mass is 16.5. The largest absolute Gasteiger partial charge is 0.494 e. The van der Waals surface area contributed by atoms with E-state index in [1.54, 1.807) is 24.1 Å². The molecule has 2 atom stereocenters. The van der Waals surface area contributed by atoms with Gasteiger partial charge in [-0.1, -0.05) is 12.1 Å². The average Bonchev–Trinajstić information content (AvgIpc) is 2.83. The molecule has 0 spiro atoms. The minimum Gasteiger partial charge on any atom is -0.494 e. The van der Waals surface area contributed by atoms with Gasteiger partial charge in [-0.2, -0.15) is 0 Å². The van der Waals surface area contributed by atoms with E-state index >= 15 is 0 Å². The molecule has 0 aliphatic carbocycles. The first-order chi connectivity index (χ1) is 10.6. The molecule has 1 fully saturated rings. The van der Waals surface area contributed by atoms with Crippen molar-refractivity contribution in [1.82, 2.24) is 4.90 Å². The monoisotopic (exact) mass is 307 g/mol. The fourth-order valence-electron chi connectivity index (χ4n) is 2.81. The molecule has 0 saturated carbocycles. The second kappa shape index (κ2) is 7.26. The molecule has 120 valence electrons. The van der Waals surface area contributed by atoms with Crippen molar-refractivity contribution in [2.24, 2.45) is 5.92 Å². The lowest BCUT2D eigenvalue weighted by molar-refractivity contribution is -0.142. The summed E-state index contributed by atoms with van der Waals surface area (Å²) in [4.78, 5) is 25.2. The van der Waals surface area contributed by atoms with E-state index in [-0.39, 0.29) is 12.3 Å². The smallest absolute Gasteiger partial charge is 0.309 e. The number of carbonyl (C=O) groups is 2. The molecule has 1 aliphatic rings. The van der Waals surface area contributed by atoms with Crippen LogP contribution in [-0.2, 0) is 14.3 Å². The van der Waals surface area contributed by atoms with Crippen molar-refractivity contribution < 1.29 is 24.2 Å². The summed E-state index contributed by atoms with van der Waals surface area (Å²) in [7, 11) is 1.56. The van der Waals surface area contributed by atoms with E-state index in [0.717, 1.165) is 11.3 Å². The summed E-state index contributed by atoms with van der Waals surface area (Å²) in [6.07, 6.45) is 0.0247. The zero-order valence-electron chi connectivity index (χ0n) is 12.8. The van der Waals surface area contributed by atoms with E-state index in [1.807, 2.05) is 19.1 Å². The molecular weight excluding hydrogens is 286 g/mol. The molecule has 6 nitrogen and oxygen atoms in total. The van der Waals surface area contributed by atoms with Crippen molar-refractivity contribution in [3.05, 3.63) is 29.8 Å². The molecule has 2 rings (SSSR count). The van der Waals surface area contributed by atoms with Crippen LogP contribution in [0.5, 0.6) is 5.75 Å². The Bertz CT molecular complexity index is 528. The average molecular weight is 307 g/mol. The number of methoxy groups -OCH3 is 1. The standard InChI is InChI=1S/C16H21NO5/c1-3-22-12-6-4-11(5-7-12)15-13(16(19)20)10-14(18)17(15)8-9-21-2/h4-7,13,15H,3,8-10H2,1-2H3,(H,19,20)/t13-,15+/m1/s1. The molecule has 1 aliphatic heterocycles. The van der Waals surface area contributed by atoms with E-state index in [0.29, 0.717) is 19.8 Å². The first-order valence-electron chi connectivity index (χ1n) is 7.32. The number of likely N-dealkylation sites (tertiary alicyclic amines) is 1. The maximum atomic E-state index is 12.1. The van der Waals surface area contributed by atoms with E-state index in [9.17, 15) is 14.7 Å². The molecule has 22 heavy (non-hydrogen) atoms. The number of carbonyl (C=O) groups excluding carboxylic acids is 1. The highest BCUT2D eigenvalue weighted by molar-refractivity contribution is 5.87. The predicted octanol–water partition coefficient (Wildman–Crippen LogP) is 1.71. The third-order valence-corrected chi connectivity index (χ3v) is 3.82. The van der Waals surface area contributed by atoms with Gasteiger partial charge in [0.05, 0.1) is 25.2 Å². The normalized spacial score (nSPS) is 21.2. The summed E-state index contributed by atoms with van der Waals surface area (Å²) in [5.74, 6) is -1.11. The van der Waals surface area contributed by atoms with Gasteiger partial charge < -0.3 is 19.5 Å². The van der Waals surface area contributed by atoms with Crippen LogP contribution in [0.1, 0.15) is 24.9 Å². The molecule has 1 aromatic rings. The van der Waals surface area contributed by atoms with Gasteiger partial charge in [0.1, 0.15) is 5.75 Å². The number of amides is 1. The summed E-state index contributed by atoms with van der Waals surface area (Å²) < 4.78 is 10.4. The Morgan fingerprint density at radius 1 is 1.36 bits per heavy atom. The van der Waals surface area contributed by atoms with E-state index in [4.69, 9.17) is 9.47 Å². The third-order valence-electron chi connectivity index (χ3n) is 3.82. The Morgan fingerprint density at radius 3 is 2.59 bits per heavy atom. The van der Waals surface area contributed by atoms with Gasteiger partial charge in [0, 0.05) is 20.1 Å². The quantitative estimate of drug-likeness (QED) is 0.830. The molecule has 1 N–H and O–H groups in total. The van der Waals surface area contributed by atoms with E-state index < -0.39 is 17.9 Å². The highest BCUT2D eigenvalue weighted by Gasteiger charge is 2.44. The molecule has 0 aromatic heterocycles. The molecule has 0 unspecified atom stereocenters. The van der Waals surface area contributed by atoms with Crippen LogP contribution in [0.3, 0.4) is 0 Å². The number of ether oxygens (including phenoxy) is 2. The molecule has 0 bridgehead atoms. The van der Waals surface area contributed by atoms with Crippen molar-refractivity contribution in [2.75, 3.05) is 26.9 Å². The van der Waals surface area contributed by atoms with Crippen molar-refractivity contribution in [2.45, 2.75) is 19.4 Å². The summed E-state index contributed by atoms with van der Waals surface area (Å²) in [5, 5.41) is 9.41. The van der Waals surface area contributed by atoms with Crippen LogP contribution in [0.4, 0.5) is 0 Å². The maximum Gasteiger partial charge on any atom is 0.309 e. The molecule has 1 heterocycles. The van der Waals surface area contributed by atoms with Crippen LogP contribution >= 0.6 is 0 Å². The van der Waals surface area contributed by atoms with Crippen molar-refractivity contribution >= 4 is 11.9 Å². The van der Waals surface area contributed by atoms with Crippen LogP contribution in [0.2, 0.25) is 0 Å². The van der Waals surface area contributed by atoms with Gasteiger partial charge in [0.2, 0.25) is 5.91 Å². The number of hydrogen-bond acceptors (Lipinski definition) is 4. The SMILES string of the molecule is CCOc1ccc([C@H]2[C@H](C(=O)O)CC(=O)N2CCOC)cc1. The maximum absolute atomic E-state index is 12.1. The first-order valence-corrected chi connectivity index (χ1v) is 7.32. The Labute approximate surface area is 129 Å². The lowest BCUT2D eigenvalue weighted by atomic mass is 9.93. The van der Waals surface area contributed by atoms with Crippen molar-refractivity contribution in [1.29, 1.82) is 0 Å². The molecule has 1 aromatic carbocycles. The summed E-state index contributed by atoms with van der Waals surface area (Å²) in [6.45, 7) is 3.23. The van der Waals surface area contributed by atoms with Crippen molar-refractivity contribution in [3.8, 4) is 5.75 Å². The van der Waals surface area contributed by atoms with Gasteiger partial charge in [-0.3, -0.25) is 9.59 Å². The lowest BCUT2D eigenvalue weighted by Crippen LogP contribution is -2.33. The van der Waals surface area contributed by atoms with Gasteiger partial charge in [-0.25, -0.2) is 0 Å². The number of carboxylic acids is 1. The van der Waals surface area contributed by atoms with Crippen LogP contribution in [-0.4, -0.2) is 48.8 Å². The number of hydrogen-bond donors (Lipinski definition) is 1. The molecule has 0 radical (unpaired) electrons. The van der Waals surface area contributed by atoms with Gasteiger partial charge in [0.15, 0.2) is 0 Å².